The largest absolute Gasteiger partial charge is 0.309 e. The summed E-state index contributed by atoms with van der Waals surface area (Å²) in [6, 6.07) is 2.49. The lowest BCUT2D eigenvalue weighted by molar-refractivity contribution is 0.471. The van der Waals surface area contributed by atoms with Crippen molar-refractivity contribution in [3.05, 3.63) is 30.6 Å². The Labute approximate surface area is 98.5 Å². The van der Waals surface area contributed by atoms with E-state index < -0.39 is 0 Å². The summed E-state index contributed by atoms with van der Waals surface area (Å²) in [5, 5.41) is 8.02. The van der Waals surface area contributed by atoms with Crippen LogP contribution in [-0.4, -0.2) is 16.3 Å². The number of unbranched alkanes of at least 4 members (excludes halogenated alkanes) is 1. The fourth-order valence-electron chi connectivity index (χ4n) is 1.76. The number of nitrogens with one attached hydrogen (secondary N) is 1. The first-order chi connectivity index (χ1) is 7.77. The summed E-state index contributed by atoms with van der Waals surface area (Å²) in [7, 11) is 1.96. The Hall–Kier alpha value is -1.09. The third-order valence-electron chi connectivity index (χ3n) is 2.63. The van der Waals surface area contributed by atoms with Gasteiger partial charge in [0.25, 0.3) is 0 Å². The molecule has 3 heteroatoms. The van der Waals surface area contributed by atoms with Gasteiger partial charge in [-0.05, 0) is 38.3 Å². The number of rotatable bonds is 8. The Morgan fingerprint density at radius 1 is 1.62 bits per heavy atom. The molecule has 0 aromatic carbocycles. The second-order valence-electron chi connectivity index (χ2n) is 4.14. The van der Waals surface area contributed by atoms with E-state index in [9.17, 15) is 0 Å². The van der Waals surface area contributed by atoms with Crippen LogP contribution < -0.4 is 5.32 Å². The normalized spacial score (nSPS) is 12.6. The number of aromatic nitrogens is 2. The average Bonchev–Trinajstić information content (AvgIpc) is 2.70. The minimum absolute atomic E-state index is 0.390. The smallest absolute Gasteiger partial charge is 0.0793 e. The van der Waals surface area contributed by atoms with Gasteiger partial charge < -0.3 is 5.32 Å². The number of hydrogen-bond acceptors (Lipinski definition) is 2. The van der Waals surface area contributed by atoms with Gasteiger partial charge in [-0.3, -0.25) is 4.68 Å². The van der Waals surface area contributed by atoms with E-state index in [-0.39, 0.29) is 0 Å². The maximum absolute atomic E-state index is 4.47. The minimum atomic E-state index is 0.390. The Bertz CT molecular complexity index is 304. The Kier molecular flexibility index (Phi) is 5.86. The monoisotopic (exact) mass is 221 g/mol. The van der Waals surface area contributed by atoms with Crippen LogP contribution in [0.4, 0.5) is 0 Å². The van der Waals surface area contributed by atoms with Gasteiger partial charge in [0.05, 0.1) is 11.7 Å². The fraction of sp³-hybridized carbons (Fsp3) is 0.615. The fourth-order valence-corrected chi connectivity index (χ4v) is 1.76. The van der Waals surface area contributed by atoms with E-state index in [1.165, 1.54) is 6.42 Å². The van der Waals surface area contributed by atoms with Crippen LogP contribution in [0.2, 0.25) is 0 Å². The molecule has 3 nitrogen and oxygen atoms in total. The van der Waals surface area contributed by atoms with Gasteiger partial charge in [0, 0.05) is 13.2 Å². The van der Waals surface area contributed by atoms with E-state index in [4.69, 9.17) is 0 Å². The molecule has 1 aromatic rings. The lowest BCUT2D eigenvalue weighted by atomic mass is 10.1. The standard InChI is InChI=1S/C13H23N3/c1-4-6-7-8-12(14-10-5-2)13-9-11-16(3)15-13/h4,9,11-12,14H,1,5-8,10H2,2-3H3. The summed E-state index contributed by atoms with van der Waals surface area (Å²) in [5.41, 5.74) is 1.15. The maximum Gasteiger partial charge on any atom is 0.0793 e. The molecular weight excluding hydrogens is 198 g/mol. The molecule has 1 atom stereocenters. The molecule has 1 aromatic heterocycles. The van der Waals surface area contributed by atoms with Crippen LogP contribution in [0.15, 0.2) is 24.9 Å². The molecule has 16 heavy (non-hydrogen) atoms. The van der Waals surface area contributed by atoms with Crippen LogP contribution in [-0.2, 0) is 7.05 Å². The highest BCUT2D eigenvalue weighted by molar-refractivity contribution is 5.05. The van der Waals surface area contributed by atoms with E-state index in [2.05, 4.69) is 30.0 Å². The minimum Gasteiger partial charge on any atom is -0.309 e. The van der Waals surface area contributed by atoms with Crippen LogP contribution in [0, 0.1) is 0 Å². The zero-order valence-electron chi connectivity index (χ0n) is 10.4. The number of nitrogens with zero attached hydrogens (tertiary/aromatic N) is 2. The Morgan fingerprint density at radius 2 is 2.44 bits per heavy atom. The molecule has 0 spiro atoms. The molecule has 1 rings (SSSR count). The summed E-state index contributed by atoms with van der Waals surface area (Å²) < 4.78 is 1.86. The van der Waals surface area contributed by atoms with Crippen molar-refractivity contribution in [1.82, 2.24) is 15.1 Å². The zero-order chi connectivity index (χ0) is 11.8. The molecule has 1 N–H and O–H groups in total. The molecule has 1 heterocycles. The Morgan fingerprint density at radius 3 is 3.00 bits per heavy atom. The van der Waals surface area contributed by atoms with Gasteiger partial charge >= 0.3 is 0 Å². The van der Waals surface area contributed by atoms with Crippen LogP contribution in [0.25, 0.3) is 0 Å². The SMILES string of the molecule is C=CCCCC(NCCC)c1ccn(C)n1. The topological polar surface area (TPSA) is 29.9 Å². The zero-order valence-corrected chi connectivity index (χ0v) is 10.4. The first kappa shape index (κ1) is 13.0. The van der Waals surface area contributed by atoms with Gasteiger partial charge in [-0.25, -0.2) is 0 Å². The van der Waals surface area contributed by atoms with E-state index in [1.807, 2.05) is 24.0 Å². The van der Waals surface area contributed by atoms with Crippen LogP contribution >= 0.6 is 0 Å². The van der Waals surface area contributed by atoms with Gasteiger partial charge in [-0.15, -0.1) is 6.58 Å². The second kappa shape index (κ2) is 7.23. The van der Waals surface area contributed by atoms with E-state index in [1.54, 1.807) is 0 Å². The molecule has 0 bridgehead atoms. The molecule has 0 saturated heterocycles. The van der Waals surface area contributed by atoms with E-state index in [0.29, 0.717) is 6.04 Å². The second-order valence-corrected chi connectivity index (χ2v) is 4.14. The van der Waals surface area contributed by atoms with Gasteiger partial charge in [0.1, 0.15) is 0 Å². The summed E-state index contributed by atoms with van der Waals surface area (Å²) in [4.78, 5) is 0. The third kappa shape index (κ3) is 4.19. The number of allylic oxidation sites excluding steroid dienone is 1. The molecule has 0 aliphatic heterocycles. The summed E-state index contributed by atoms with van der Waals surface area (Å²) in [5.74, 6) is 0. The van der Waals surface area contributed by atoms with Crippen LogP contribution in [0.3, 0.4) is 0 Å². The molecule has 0 aliphatic carbocycles. The molecule has 0 amide bonds. The molecule has 0 radical (unpaired) electrons. The van der Waals surface area contributed by atoms with Gasteiger partial charge in [0.15, 0.2) is 0 Å². The summed E-state index contributed by atoms with van der Waals surface area (Å²) in [6.07, 6.45) is 8.52. The van der Waals surface area contributed by atoms with E-state index >= 15 is 0 Å². The van der Waals surface area contributed by atoms with Crippen molar-refractivity contribution in [1.29, 1.82) is 0 Å². The predicted octanol–water partition coefficient (Wildman–Crippen LogP) is 2.82. The van der Waals surface area contributed by atoms with Gasteiger partial charge in [-0.1, -0.05) is 13.0 Å². The molecule has 0 fully saturated rings. The lowest BCUT2D eigenvalue weighted by Gasteiger charge is -2.15. The van der Waals surface area contributed by atoms with Crippen molar-refractivity contribution in [3.8, 4) is 0 Å². The number of aryl methyl sites for hydroxylation is 1. The van der Waals surface area contributed by atoms with Gasteiger partial charge in [-0.2, -0.15) is 5.10 Å². The van der Waals surface area contributed by atoms with Crippen molar-refractivity contribution in [2.75, 3.05) is 6.54 Å². The van der Waals surface area contributed by atoms with Crippen molar-refractivity contribution in [3.63, 3.8) is 0 Å². The highest BCUT2D eigenvalue weighted by Gasteiger charge is 2.12. The third-order valence-corrected chi connectivity index (χ3v) is 2.63. The van der Waals surface area contributed by atoms with Gasteiger partial charge in [0.2, 0.25) is 0 Å². The van der Waals surface area contributed by atoms with Crippen LogP contribution in [0.5, 0.6) is 0 Å². The average molecular weight is 221 g/mol. The quantitative estimate of drug-likeness (QED) is 0.540. The first-order valence-corrected chi connectivity index (χ1v) is 6.11. The molecule has 90 valence electrons. The first-order valence-electron chi connectivity index (χ1n) is 6.11. The molecular formula is C13H23N3. The maximum atomic E-state index is 4.47. The van der Waals surface area contributed by atoms with E-state index in [0.717, 1.165) is 31.5 Å². The highest BCUT2D eigenvalue weighted by Crippen LogP contribution is 2.17. The summed E-state index contributed by atoms with van der Waals surface area (Å²) in [6.45, 7) is 6.99. The summed E-state index contributed by atoms with van der Waals surface area (Å²) >= 11 is 0. The predicted molar refractivity (Wildman–Crippen MR) is 68.3 cm³/mol. The molecule has 1 unspecified atom stereocenters. The van der Waals surface area contributed by atoms with Crippen molar-refractivity contribution in [2.45, 2.75) is 38.6 Å². The molecule has 0 saturated carbocycles. The highest BCUT2D eigenvalue weighted by atomic mass is 15.3. The number of hydrogen-bond donors (Lipinski definition) is 1. The molecule has 0 aliphatic rings. The van der Waals surface area contributed by atoms with Crippen molar-refractivity contribution in [2.24, 2.45) is 7.05 Å². The van der Waals surface area contributed by atoms with Crippen LogP contribution in [0.1, 0.15) is 44.3 Å². The Balaban J connectivity index is 2.52. The van der Waals surface area contributed by atoms with Crippen molar-refractivity contribution < 1.29 is 0 Å². The lowest BCUT2D eigenvalue weighted by Crippen LogP contribution is -2.22. The van der Waals surface area contributed by atoms with Crippen molar-refractivity contribution >= 4 is 0 Å².